The van der Waals surface area contributed by atoms with Gasteiger partial charge in [-0.1, -0.05) is 18.6 Å². The average molecular weight is 392 g/mol. The summed E-state index contributed by atoms with van der Waals surface area (Å²) in [5.74, 6) is 2.06. The van der Waals surface area contributed by atoms with E-state index in [9.17, 15) is 4.21 Å². The number of benzene rings is 1. The number of rotatable bonds is 8. The topological polar surface area (TPSA) is 78.3 Å². The highest BCUT2D eigenvalue weighted by Crippen LogP contribution is 2.17. The van der Waals surface area contributed by atoms with Crippen molar-refractivity contribution in [1.82, 2.24) is 15.5 Å². The van der Waals surface area contributed by atoms with Crippen molar-refractivity contribution in [2.45, 2.75) is 39.2 Å². The van der Waals surface area contributed by atoms with Gasteiger partial charge in [0.2, 0.25) is 0 Å². The van der Waals surface area contributed by atoms with E-state index in [1.54, 1.807) is 0 Å². The molecule has 3 rings (SSSR count). The molecule has 2 aliphatic rings. The van der Waals surface area contributed by atoms with Crippen LogP contribution in [0.4, 0.5) is 0 Å². The van der Waals surface area contributed by atoms with Crippen molar-refractivity contribution < 1.29 is 8.95 Å². The van der Waals surface area contributed by atoms with Gasteiger partial charge < -0.3 is 15.4 Å². The van der Waals surface area contributed by atoms with Crippen LogP contribution < -0.4 is 15.4 Å². The van der Waals surface area contributed by atoms with Crippen molar-refractivity contribution in [3.05, 3.63) is 29.8 Å². The Labute approximate surface area is 164 Å². The summed E-state index contributed by atoms with van der Waals surface area (Å²) >= 11 is -1.51. The zero-order valence-electron chi connectivity index (χ0n) is 15.9. The lowest BCUT2D eigenvalue weighted by molar-refractivity contribution is 0.220. The largest absolute Gasteiger partial charge is 0.494 e. The van der Waals surface area contributed by atoms with Crippen LogP contribution in [0.15, 0.2) is 33.1 Å². The molecule has 0 aromatic heterocycles. The smallest absolute Gasteiger partial charge is 0.269 e. The minimum absolute atomic E-state index is 0.568. The number of likely N-dealkylation sites (tertiary alicyclic amines) is 1. The fourth-order valence-electron chi connectivity index (χ4n) is 3.24. The Hall–Kier alpha value is -1.93. The van der Waals surface area contributed by atoms with E-state index in [-0.39, 0.29) is 0 Å². The fraction of sp³-hybridized carbons (Fsp3) is 0.579. The van der Waals surface area contributed by atoms with Crippen molar-refractivity contribution >= 4 is 22.8 Å². The monoisotopic (exact) mass is 391 g/mol. The maximum absolute atomic E-state index is 11.4. The molecule has 0 spiro atoms. The lowest BCUT2D eigenvalue weighted by Crippen LogP contribution is -2.39. The van der Waals surface area contributed by atoms with Gasteiger partial charge in [-0.15, -0.1) is 8.80 Å². The first-order valence-corrected chi connectivity index (χ1v) is 10.8. The number of piperidine rings is 1. The first-order chi connectivity index (χ1) is 13.2. The lowest BCUT2D eigenvalue weighted by atomic mass is 10.1. The third-order valence-electron chi connectivity index (χ3n) is 4.54. The second kappa shape index (κ2) is 10.4. The van der Waals surface area contributed by atoms with E-state index >= 15 is 0 Å². The zero-order chi connectivity index (χ0) is 18.9. The molecule has 2 heterocycles. The summed E-state index contributed by atoms with van der Waals surface area (Å²) in [6.07, 6.45) is 4.80. The Morgan fingerprint density at radius 3 is 2.70 bits per heavy atom. The molecule has 7 nitrogen and oxygen atoms in total. The summed E-state index contributed by atoms with van der Waals surface area (Å²) in [6.45, 7) is 7.38. The molecule has 2 N–H and O–H groups in total. The van der Waals surface area contributed by atoms with Crippen LogP contribution in [-0.2, 0) is 17.7 Å². The number of likely N-dealkylation sites (N-methyl/N-ethyl adjacent to an activating group) is 1. The molecule has 1 aromatic carbocycles. The van der Waals surface area contributed by atoms with Crippen LogP contribution in [0.25, 0.3) is 0 Å². The van der Waals surface area contributed by atoms with Crippen molar-refractivity contribution in [2.75, 3.05) is 32.8 Å². The molecule has 0 radical (unpaired) electrons. The van der Waals surface area contributed by atoms with Gasteiger partial charge in [0.15, 0.2) is 11.7 Å². The molecule has 0 bridgehead atoms. The molecule has 1 aromatic rings. The van der Waals surface area contributed by atoms with Crippen molar-refractivity contribution in [2.24, 2.45) is 8.80 Å². The van der Waals surface area contributed by atoms with Gasteiger partial charge in [0.05, 0.1) is 6.61 Å². The molecule has 148 valence electrons. The highest BCUT2D eigenvalue weighted by atomic mass is 32.2. The van der Waals surface area contributed by atoms with Crippen molar-refractivity contribution in [3.63, 3.8) is 0 Å². The summed E-state index contributed by atoms with van der Waals surface area (Å²) in [5, 5.41) is 6.24. The van der Waals surface area contributed by atoms with Gasteiger partial charge in [0, 0.05) is 19.6 Å². The first-order valence-electron chi connectivity index (χ1n) is 9.76. The highest BCUT2D eigenvalue weighted by Gasteiger charge is 2.17. The van der Waals surface area contributed by atoms with Crippen LogP contribution in [0.3, 0.4) is 0 Å². The molecule has 1 fully saturated rings. The van der Waals surface area contributed by atoms with E-state index in [1.165, 1.54) is 37.9 Å². The van der Waals surface area contributed by atoms with Crippen molar-refractivity contribution in [3.8, 4) is 5.75 Å². The number of amidine groups is 2. The third kappa shape index (κ3) is 6.32. The second-order valence-electron chi connectivity index (χ2n) is 6.75. The number of ether oxygens (including phenoxy) is 1. The van der Waals surface area contributed by atoms with Gasteiger partial charge >= 0.3 is 0 Å². The molecule has 1 atom stereocenters. The Balaban J connectivity index is 1.38. The third-order valence-corrected chi connectivity index (χ3v) is 5.22. The molecule has 0 aliphatic carbocycles. The Morgan fingerprint density at radius 1 is 1.15 bits per heavy atom. The standard InChI is InChI=1S/C19H29N5O2S/c1-2-20-18-19(23-27(25)22-18)21-10-7-13-26-17-9-6-8-16(14-17)15-24-11-4-3-5-12-24/h6,8-9,14H,2-5,7,10-13,15H2,1H3,(H,20,22)(H,21,23). The van der Waals surface area contributed by atoms with Gasteiger partial charge in [-0.3, -0.25) is 4.90 Å². The number of hydrogen-bond acceptors (Lipinski definition) is 5. The van der Waals surface area contributed by atoms with Gasteiger partial charge in [-0.2, -0.15) is 0 Å². The zero-order valence-corrected chi connectivity index (χ0v) is 16.8. The molecule has 0 saturated carbocycles. The van der Waals surface area contributed by atoms with Crippen LogP contribution in [0.5, 0.6) is 5.75 Å². The minimum Gasteiger partial charge on any atom is -0.494 e. The maximum atomic E-state index is 11.4. The van der Waals surface area contributed by atoms with Crippen molar-refractivity contribution in [1.29, 1.82) is 0 Å². The van der Waals surface area contributed by atoms with E-state index in [0.29, 0.717) is 31.4 Å². The van der Waals surface area contributed by atoms with Crippen LogP contribution in [0.2, 0.25) is 0 Å². The highest BCUT2D eigenvalue weighted by molar-refractivity contribution is 7.83. The predicted molar refractivity (Wildman–Crippen MR) is 110 cm³/mol. The Kier molecular flexibility index (Phi) is 7.65. The van der Waals surface area contributed by atoms with Crippen LogP contribution in [0, 0.1) is 0 Å². The van der Waals surface area contributed by atoms with Gasteiger partial charge in [-0.05, 0) is 57.0 Å². The Bertz CT molecular complexity index is 701. The summed E-state index contributed by atoms with van der Waals surface area (Å²) in [4.78, 5) is 2.52. The van der Waals surface area contributed by atoms with Crippen LogP contribution >= 0.6 is 0 Å². The maximum Gasteiger partial charge on any atom is 0.269 e. The number of hydrogen-bond donors (Lipinski definition) is 2. The van der Waals surface area contributed by atoms with E-state index in [2.05, 4.69) is 42.5 Å². The van der Waals surface area contributed by atoms with E-state index in [4.69, 9.17) is 4.74 Å². The lowest BCUT2D eigenvalue weighted by Gasteiger charge is -2.26. The quantitative estimate of drug-likeness (QED) is 0.663. The summed E-state index contributed by atoms with van der Waals surface area (Å²) < 4.78 is 25.2. The summed E-state index contributed by atoms with van der Waals surface area (Å²) in [7, 11) is 0. The molecule has 8 heteroatoms. The number of nitrogens with one attached hydrogen (secondary N) is 2. The predicted octanol–water partition coefficient (Wildman–Crippen LogP) is 2.03. The van der Waals surface area contributed by atoms with Crippen LogP contribution in [0.1, 0.15) is 38.2 Å². The summed E-state index contributed by atoms with van der Waals surface area (Å²) in [6, 6.07) is 8.38. The molecule has 0 amide bonds. The second-order valence-corrected chi connectivity index (χ2v) is 7.58. The molecule has 27 heavy (non-hydrogen) atoms. The first kappa shape index (κ1) is 19.8. The number of nitrogens with zero attached hydrogens (tertiary/aromatic N) is 3. The molecule has 2 aliphatic heterocycles. The van der Waals surface area contributed by atoms with Gasteiger partial charge in [0.25, 0.3) is 11.2 Å². The van der Waals surface area contributed by atoms with Gasteiger partial charge in [0.1, 0.15) is 5.75 Å². The summed E-state index contributed by atoms with van der Waals surface area (Å²) in [5.41, 5.74) is 1.31. The minimum atomic E-state index is -1.51. The Morgan fingerprint density at radius 2 is 1.93 bits per heavy atom. The average Bonchev–Trinajstić information content (AvgIpc) is 3.02. The van der Waals surface area contributed by atoms with E-state index < -0.39 is 11.2 Å². The molecule has 1 saturated heterocycles. The van der Waals surface area contributed by atoms with Crippen LogP contribution in [-0.4, -0.2) is 53.6 Å². The molecular formula is C19H29N5O2S. The molecule has 1 unspecified atom stereocenters. The van der Waals surface area contributed by atoms with Gasteiger partial charge in [-0.25, -0.2) is 4.21 Å². The van der Waals surface area contributed by atoms with E-state index in [1.807, 2.05) is 13.0 Å². The van der Waals surface area contributed by atoms with E-state index in [0.717, 1.165) is 18.7 Å². The fourth-order valence-corrected chi connectivity index (χ4v) is 3.90. The normalized spacial score (nSPS) is 20.1. The molecular weight excluding hydrogens is 362 g/mol. The SMILES string of the molecule is CCNC1=NS(=O)N=C1NCCCOc1cccc(CN2CCCCC2)c1.